The van der Waals surface area contributed by atoms with Crippen LogP contribution in [0.2, 0.25) is 0 Å². The van der Waals surface area contributed by atoms with Crippen LogP contribution in [0.5, 0.6) is 5.75 Å². The summed E-state index contributed by atoms with van der Waals surface area (Å²) in [6, 6.07) is 8.64. The normalized spacial score (nSPS) is 22.2. The zero-order chi connectivity index (χ0) is 22.1. The molecule has 1 amide bonds. The van der Waals surface area contributed by atoms with Crippen molar-refractivity contribution in [3.05, 3.63) is 46.9 Å². The molecule has 6 nitrogen and oxygen atoms in total. The number of rotatable bonds is 5. The van der Waals surface area contributed by atoms with Crippen LogP contribution in [-0.2, 0) is 17.8 Å². The Bertz CT molecular complexity index is 969. The highest BCUT2D eigenvalue weighted by Gasteiger charge is 2.34. The van der Waals surface area contributed by atoms with Crippen molar-refractivity contribution < 1.29 is 9.53 Å². The van der Waals surface area contributed by atoms with Crippen molar-refractivity contribution in [1.29, 1.82) is 0 Å². The van der Waals surface area contributed by atoms with Crippen LogP contribution in [0.25, 0.3) is 0 Å². The molecule has 0 spiro atoms. The van der Waals surface area contributed by atoms with Gasteiger partial charge >= 0.3 is 0 Å². The number of methoxy groups -OCH3 is 1. The third-order valence-electron chi connectivity index (χ3n) is 7.50. The van der Waals surface area contributed by atoms with Crippen molar-refractivity contribution in [3.63, 3.8) is 0 Å². The standard InChI is InChI=1S/C26H34N4O2/c1-18-23-15-24(31)30(16-19-10-12-22(32-2)13-11-19)26(23)28-25(27-18)20-7-6-14-29(17-20)21-8-4-3-5-9-21/h10-13,20-21H,3-9,14-17H2,1-2H3/t20-/m0/s1. The molecule has 0 N–H and O–H groups in total. The number of likely N-dealkylation sites (tertiary alicyclic amines) is 1. The van der Waals surface area contributed by atoms with Gasteiger partial charge in [0, 0.05) is 29.8 Å². The second-order valence-electron chi connectivity index (χ2n) is 9.60. The molecule has 2 aromatic rings. The fraction of sp³-hybridized carbons (Fsp3) is 0.577. The van der Waals surface area contributed by atoms with Crippen molar-refractivity contribution in [2.45, 2.75) is 76.8 Å². The first kappa shape index (κ1) is 21.4. The summed E-state index contributed by atoms with van der Waals surface area (Å²) in [5.41, 5.74) is 3.03. The van der Waals surface area contributed by atoms with Crippen molar-refractivity contribution >= 4 is 11.7 Å². The molecule has 170 valence electrons. The number of aryl methyl sites for hydroxylation is 1. The van der Waals surface area contributed by atoms with Crippen LogP contribution in [-0.4, -0.2) is 47.0 Å². The molecule has 6 heteroatoms. The zero-order valence-corrected chi connectivity index (χ0v) is 19.3. The third kappa shape index (κ3) is 4.25. The predicted octanol–water partition coefficient (Wildman–Crippen LogP) is 4.40. The number of hydrogen-bond acceptors (Lipinski definition) is 5. The zero-order valence-electron chi connectivity index (χ0n) is 19.3. The van der Waals surface area contributed by atoms with Crippen LogP contribution in [0.3, 0.4) is 0 Å². The van der Waals surface area contributed by atoms with Crippen LogP contribution in [0.15, 0.2) is 24.3 Å². The van der Waals surface area contributed by atoms with E-state index >= 15 is 0 Å². The molecule has 1 saturated heterocycles. The fourth-order valence-corrected chi connectivity index (χ4v) is 5.65. The number of ether oxygens (including phenoxy) is 1. The van der Waals surface area contributed by atoms with Gasteiger partial charge < -0.3 is 4.74 Å². The molecule has 1 saturated carbocycles. The van der Waals surface area contributed by atoms with Gasteiger partial charge in [0.15, 0.2) is 0 Å². The van der Waals surface area contributed by atoms with E-state index in [1.54, 1.807) is 7.11 Å². The van der Waals surface area contributed by atoms with Gasteiger partial charge in [0.2, 0.25) is 5.91 Å². The van der Waals surface area contributed by atoms with Gasteiger partial charge in [-0.3, -0.25) is 14.6 Å². The van der Waals surface area contributed by atoms with Gasteiger partial charge in [0.05, 0.1) is 20.1 Å². The minimum absolute atomic E-state index is 0.109. The van der Waals surface area contributed by atoms with Crippen LogP contribution in [0.4, 0.5) is 5.82 Å². The molecule has 3 aliphatic rings. The molecule has 5 rings (SSSR count). The third-order valence-corrected chi connectivity index (χ3v) is 7.50. The molecule has 2 aliphatic heterocycles. The summed E-state index contributed by atoms with van der Waals surface area (Å²) in [4.78, 5) is 27.4. The maximum atomic E-state index is 12.9. The van der Waals surface area contributed by atoms with Crippen LogP contribution in [0.1, 0.15) is 73.5 Å². The molecule has 1 aromatic carbocycles. The molecule has 0 bridgehead atoms. The van der Waals surface area contributed by atoms with E-state index in [1.165, 1.54) is 45.1 Å². The number of nitrogens with zero attached hydrogens (tertiary/aromatic N) is 4. The lowest BCUT2D eigenvalue weighted by atomic mass is 9.90. The lowest BCUT2D eigenvalue weighted by molar-refractivity contribution is -0.117. The van der Waals surface area contributed by atoms with Crippen molar-refractivity contribution in [1.82, 2.24) is 14.9 Å². The van der Waals surface area contributed by atoms with Crippen LogP contribution < -0.4 is 9.64 Å². The van der Waals surface area contributed by atoms with Gasteiger partial charge in [-0.2, -0.15) is 0 Å². The molecular formula is C26H34N4O2. The van der Waals surface area contributed by atoms with E-state index in [1.807, 2.05) is 36.1 Å². The van der Waals surface area contributed by atoms with Gasteiger partial charge in [-0.15, -0.1) is 0 Å². The Hall–Kier alpha value is -2.47. The summed E-state index contributed by atoms with van der Waals surface area (Å²) in [6.07, 6.45) is 9.52. The minimum Gasteiger partial charge on any atom is -0.497 e. The number of amides is 1. The van der Waals surface area contributed by atoms with E-state index in [-0.39, 0.29) is 5.91 Å². The number of carbonyl (C=O) groups excluding carboxylic acids is 1. The Morgan fingerprint density at radius 2 is 1.81 bits per heavy atom. The Morgan fingerprint density at radius 3 is 2.56 bits per heavy atom. The number of fused-ring (bicyclic) bond motifs is 1. The number of hydrogen-bond donors (Lipinski definition) is 0. The SMILES string of the molecule is COc1ccc(CN2C(=O)Cc3c(C)nc([C@H]4CCCN(C5CCCCC5)C4)nc32)cc1. The Balaban J connectivity index is 1.37. The van der Waals surface area contributed by atoms with E-state index < -0.39 is 0 Å². The Labute approximate surface area is 191 Å². The molecular weight excluding hydrogens is 400 g/mol. The lowest BCUT2D eigenvalue weighted by Crippen LogP contribution is -2.43. The number of anilines is 1. The first-order chi connectivity index (χ1) is 15.6. The predicted molar refractivity (Wildman–Crippen MR) is 125 cm³/mol. The first-order valence-corrected chi connectivity index (χ1v) is 12.2. The maximum absolute atomic E-state index is 12.9. The van der Waals surface area contributed by atoms with Gasteiger partial charge in [0.25, 0.3) is 0 Å². The fourth-order valence-electron chi connectivity index (χ4n) is 5.65. The topological polar surface area (TPSA) is 58.6 Å². The summed E-state index contributed by atoms with van der Waals surface area (Å²) < 4.78 is 5.26. The second-order valence-corrected chi connectivity index (χ2v) is 9.60. The smallest absolute Gasteiger partial charge is 0.233 e. The van der Waals surface area contributed by atoms with Gasteiger partial charge in [0.1, 0.15) is 17.4 Å². The molecule has 32 heavy (non-hydrogen) atoms. The number of carbonyl (C=O) groups is 1. The van der Waals surface area contributed by atoms with E-state index in [0.717, 1.165) is 53.2 Å². The number of piperidine rings is 1. The molecule has 1 aliphatic carbocycles. The van der Waals surface area contributed by atoms with E-state index in [9.17, 15) is 4.79 Å². The number of aromatic nitrogens is 2. The van der Waals surface area contributed by atoms with Crippen LogP contribution >= 0.6 is 0 Å². The minimum atomic E-state index is 0.109. The Kier molecular flexibility index (Phi) is 6.13. The van der Waals surface area contributed by atoms with Gasteiger partial charge in [-0.05, 0) is 56.8 Å². The second kappa shape index (κ2) is 9.18. The quantitative estimate of drug-likeness (QED) is 0.698. The Morgan fingerprint density at radius 1 is 1.03 bits per heavy atom. The van der Waals surface area contributed by atoms with Gasteiger partial charge in [-0.1, -0.05) is 31.4 Å². The highest BCUT2D eigenvalue weighted by molar-refractivity contribution is 6.00. The van der Waals surface area contributed by atoms with E-state index in [4.69, 9.17) is 14.7 Å². The lowest BCUT2D eigenvalue weighted by Gasteiger charge is -2.39. The largest absolute Gasteiger partial charge is 0.497 e. The maximum Gasteiger partial charge on any atom is 0.233 e. The molecule has 3 heterocycles. The number of benzene rings is 1. The van der Waals surface area contributed by atoms with Crippen molar-refractivity contribution in [2.24, 2.45) is 0 Å². The van der Waals surface area contributed by atoms with Crippen molar-refractivity contribution in [2.75, 3.05) is 25.1 Å². The molecule has 1 aromatic heterocycles. The summed E-state index contributed by atoms with van der Waals surface area (Å²) in [5, 5.41) is 0. The highest BCUT2D eigenvalue weighted by atomic mass is 16.5. The summed E-state index contributed by atoms with van der Waals surface area (Å²) in [6.45, 7) is 4.82. The van der Waals surface area contributed by atoms with Crippen LogP contribution in [0, 0.1) is 6.92 Å². The summed E-state index contributed by atoms with van der Waals surface area (Å²) in [7, 11) is 1.66. The average molecular weight is 435 g/mol. The summed E-state index contributed by atoms with van der Waals surface area (Å²) >= 11 is 0. The molecule has 0 unspecified atom stereocenters. The monoisotopic (exact) mass is 434 g/mol. The van der Waals surface area contributed by atoms with E-state index in [0.29, 0.717) is 18.9 Å². The van der Waals surface area contributed by atoms with Crippen molar-refractivity contribution in [3.8, 4) is 5.75 Å². The van der Waals surface area contributed by atoms with E-state index in [2.05, 4.69) is 4.90 Å². The summed E-state index contributed by atoms with van der Waals surface area (Å²) in [5.74, 6) is 3.03. The molecule has 0 radical (unpaired) electrons. The highest BCUT2D eigenvalue weighted by Crippen LogP contribution is 2.35. The first-order valence-electron chi connectivity index (χ1n) is 12.2. The molecule has 2 fully saturated rings. The molecule has 1 atom stereocenters. The average Bonchev–Trinajstić information content (AvgIpc) is 3.16. The van der Waals surface area contributed by atoms with Gasteiger partial charge in [-0.25, -0.2) is 9.97 Å².